The number of hydrogen-bond donors (Lipinski definition) is 2. The second kappa shape index (κ2) is 8.43. The molecule has 3 aromatic rings. The number of hydrogen-bond acceptors (Lipinski definition) is 4. The Morgan fingerprint density at radius 3 is 2.58 bits per heavy atom. The van der Waals surface area contributed by atoms with E-state index in [1.165, 1.54) is 11.6 Å². The Morgan fingerprint density at radius 2 is 1.77 bits per heavy atom. The molecule has 3 rings (SSSR count). The van der Waals surface area contributed by atoms with E-state index in [0.29, 0.717) is 36.2 Å². The fraction of sp³-hybridized carbons (Fsp3) is 0.238. The summed E-state index contributed by atoms with van der Waals surface area (Å²) in [5.41, 5.74) is 2.92. The Bertz CT molecular complexity index is 864. The standard InChI is InChI=1S/C21H23FN4/c1-15(2)17-8-4-6-10-19(17)25-21-24-14-12-20(26-21)23-13-11-16-7-3-5-9-18(16)22/h3-10,12,14-15H,11,13H2,1-2H3,(H2,23,24,25,26). The second-order valence-corrected chi connectivity index (χ2v) is 6.40. The quantitative estimate of drug-likeness (QED) is 0.620. The molecule has 0 bridgehead atoms. The molecule has 0 amide bonds. The van der Waals surface area contributed by atoms with Crippen molar-refractivity contribution in [3.05, 3.63) is 77.7 Å². The molecule has 0 radical (unpaired) electrons. The molecule has 0 saturated carbocycles. The molecule has 2 aromatic carbocycles. The maximum Gasteiger partial charge on any atom is 0.229 e. The number of nitrogens with one attached hydrogen (secondary N) is 2. The third-order valence-electron chi connectivity index (χ3n) is 4.14. The van der Waals surface area contributed by atoms with Gasteiger partial charge in [0.05, 0.1) is 0 Å². The van der Waals surface area contributed by atoms with Crippen molar-refractivity contribution in [2.24, 2.45) is 0 Å². The van der Waals surface area contributed by atoms with Gasteiger partial charge in [0.25, 0.3) is 0 Å². The number of rotatable bonds is 7. The molecule has 0 unspecified atom stereocenters. The van der Waals surface area contributed by atoms with Crippen LogP contribution in [0, 0.1) is 5.82 Å². The van der Waals surface area contributed by atoms with E-state index < -0.39 is 0 Å². The third-order valence-corrected chi connectivity index (χ3v) is 4.14. The first-order chi connectivity index (χ1) is 12.6. The number of para-hydroxylation sites is 1. The molecule has 2 N–H and O–H groups in total. The van der Waals surface area contributed by atoms with Crippen LogP contribution in [0.4, 0.5) is 21.8 Å². The SMILES string of the molecule is CC(C)c1ccccc1Nc1nccc(NCCc2ccccc2F)n1. The number of halogens is 1. The number of aromatic nitrogens is 2. The molecule has 5 heteroatoms. The lowest BCUT2D eigenvalue weighted by Gasteiger charge is -2.14. The van der Waals surface area contributed by atoms with Crippen molar-refractivity contribution in [3.8, 4) is 0 Å². The van der Waals surface area contributed by atoms with Crippen molar-refractivity contribution in [1.29, 1.82) is 0 Å². The molecule has 134 valence electrons. The highest BCUT2D eigenvalue weighted by Crippen LogP contribution is 2.25. The van der Waals surface area contributed by atoms with Crippen LogP contribution in [-0.4, -0.2) is 16.5 Å². The van der Waals surface area contributed by atoms with Gasteiger partial charge in [0.2, 0.25) is 5.95 Å². The van der Waals surface area contributed by atoms with Gasteiger partial charge in [-0.25, -0.2) is 9.37 Å². The lowest BCUT2D eigenvalue weighted by molar-refractivity contribution is 0.610. The number of anilines is 3. The van der Waals surface area contributed by atoms with E-state index in [1.54, 1.807) is 24.4 Å². The zero-order valence-electron chi connectivity index (χ0n) is 15.0. The predicted molar refractivity (Wildman–Crippen MR) is 104 cm³/mol. The maximum absolute atomic E-state index is 13.7. The van der Waals surface area contributed by atoms with E-state index >= 15 is 0 Å². The molecule has 0 aliphatic heterocycles. The molecule has 26 heavy (non-hydrogen) atoms. The van der Waals surface area contributed by atoms with Crippen LogP contribution < -0.4 is 10.6 Å². The zero-order chi connectivity index (χ0) is 18.4. The molecule has 0 spiro atoms. The first-order valence-corrected chi connectivity index (χ1v) is 8.80. The van der Waals surface area contributed by atoms with Crippen molar-refractivity contribution >= 4 is 17.5 Å². The number of benzene rings is 2. The van der Waals surface area contributed by atoms with Crippen LogP contribution in [-0.2, 0) is 6.42 Å². The van der Waals surface area contributed by atoms with Crippen LogP contribution in [0.5, 0.6) is 0 Å². The molecular weight excluding hydrogens is 327 g/mol. The first-order valence-electron chi connectivity index (χ1n) is 8.80. The summed E-state index contributed by atoms with van der Waals surface area (Å²) in [7, 11) is 0. The molecule has 0 aliphatic rings. The van der Waals surface area contributed by atoms with E-state index in [1.807, 2.05) is 24.3 Å². The van der Waals surface area contributed by atoms with Crippen molar-refractivity contribution in [2.45, 2.75) is 26.2 Å². The van der Waals surface area contributed by atoms with Gasteiger partial charge in [-0.05, 0) is 41.7 Å². The van der Waals surface area contributed by atoms with Crippen molar-refractivity contribution in [3.63, 3.8) is 0 Å². The lowest BCUT2D eigenvalue weighted by atomic mass is 10.0. The lowest BCUT2D eigenvalue weighted by Crippen LogP contribution is -2.09. The third kappa shape index (κ3) is 4.57. The van der Waals surface area contributed by atoms with Gasteiger partial charge in [0.15, 0.2) is 0 Å². The average molecular weight is 350 g/mol. The summed E-state index contributed by atoms with van der Waals surface area (Å²) in [6.45, 7) is 4.91. The Balaban J connectivity index is 1.64. The molecule has 1 aromatic heterocycles. The highest BCUT2D eigenvalue weighted by atomic mass is 19.1. The fourth-order valence-corrected chi connectivity index (χ4v) is 2.78. The van der Waals surface area contributed by atoms with Crippen LogP contribution in [0.15, 0.2) is 60.8 Å². The molecule has 1 heterocycles. The van der Waals surface area contributed by atoms with Gasteiger partial charge in [0, 0.05) is 18.4 Å². The monoisotopic (exact) mass is 350 g/mol. The highest BCUT2D eigenvalue weighted by molar-refractivity contribution is 5.60. The summed E-state index contributed by atoms with van der Waals surface area (Å²) in [5, 5.41) is 6.52. The van der Waals surface area contributed by atoms with Gasteiger partial charge >= 0.3 is 0 Å². The summed E-state index contributed by atoms with van der Waals surface area (Å²) in [5.74, 6) is 1.47. The van der Waals surface area contributed by atoms with E-state index in [9.17, 15) is 4.39 Å². The van der Waals surface area contributed by atoms with Crippen LogP contribution in [0.3, 0.4) is 0 Å². The van der Waals surface area contributed by atoms with Crippen LogP contribution in [0.1, 0.15) is 30.9 Å². The molecular formula is C21H23FN4. The van der Waals surface area contributed by atoms with Crippen molar-refractivity contribution < 1.29 is 4.39 Å². The molecule has 4 nitrogen and oxygen atoms in total. The smallest absolute Gasteiger partial charge is 0.229 e. The first kappa shape index (κ1) is 17.9. The van der Waals surface area contributed by atoms with Crippen molar-refractivity contribution in [1.82, 2.24) is 9.97 Å². The predicted octanol–water partition coefficient (Wildman–Crippen LogP) is 5.14. The van der Waals surface area contributed by atoms with Gasteiger partial charge in [0.1, 0.15) is 11.6 Å². The number of nitrogens with zero attached hydrogens (tertiary/aromatic N) is 2. The van der Waals surface area contributed by atoms with E-state index in [0.717, 1.165) is 5.69 Å². The minimum absolute atomic E-state index is 0.176. The van der Waals surface area contributed by atoms with Gasteiger partial charge in [-0.1, -0.05) is 50.2 Å². The van der Waals surface area contributed by atoms with E-state index in [4.69, 9.17) is 0 Å². The molecule has 0 saturated heterocycles. The average Bonchev–Trinajstić information content (AvgIpc) is 2.64. The zero-order valence-corrected chi connectivity index (χ0v) is 15.0. The summed E-state index contributed by atoms with van der Waals surface area (Å²) in [4.78, 5) is 8.79. The van der Waals surface area contributed by atoms with Gasteiger partial charge in [-0.2, -0.15) is 4.98 Å². The molecule has 0 fully saturated rings. The largest absolute Gasteiger partial charge is 0.370 e. The Hall–Kier alpha value is -2.95. The van der Waals surface area contributed by atoms with Gasteiger partial charge in [-0.15, -0.1) is 0 Å². The second-order valence-electron chi connectivity index (χ2n) is 6.40. The summed E-state index contributed by atoms with van der Waals surface area (Å²) < 4.78 is 13.7. The maximum atomic E-state index is 13.7. The Morgan fingerprint density at radius 1 is 1.00 bits per heavy atom. The van der Waals surface area contributed by atoms with Gasteiger partial charge < -0.3 is 10.6 Å². The highest BCUT2D eigenvalue weighted by Gasteiger charge is 2.08. The minimum atomic E-state index is -0.176. The molecule has 0 atom stereocenters. The van der Waals surface area contributed by atoms with Crippen LogP contribution in [0.25, 0.3) is 0 Å². The minimum Gasteiger partial charge on any atom is -0.370 e. The van der Waals surface area contributed by atoms with Gasteiger partial charge in [-0.3, -0.25) is 0 Å². The fourth-order valence-electron chi connectivity index (χ4n) is 2.78. The van der Waals surface area contributed by atoms with Crippen LogP contribution >= 0.6 is 0 Å². The summed E-state index contributed by atoms with van der Waals surface area (Å²) >= 11 is 0. The van der Waals surface area contributed by atoms with Crippen LogP contribution in [0.2, 0.25) is 0 Å². The Labute approximate surface area is 153 Å². The topological polar surface area (TPSA) is 49.8 Å². The van der Waals surface area contributed by atoms with E-state index in [-0.39, 0.29) is 5.82 Å². The summed E-state index contributed by atoms with van der Waals surface area (Å²) in [6.07, 6.45) is 2.30. The normalized spacial score (nSPS) is 10.8. The van der Waals surface area contributed by atoms with Crippen molar-refractivity contribution in [2.75, 3.05) is 17.2 Å². The van der Waals surface area contributed by atoms with E-state index in [2.05, 4.69) is 40.5 Å². The molecule has 0 aliphatic carbocycles. The Kier molecular flexibility index (Phi) is 5.79. The summed E-state index contributed by atoms with van der Waals surface area (Å²) in [6, 6.07) is 16.8.